The van der Waals surface area contributed by atoms with E-state index in [2.05, 4.69) is 10.2 Å². The van der Waals surface area contributed by atoms with Crippen molar-refractivity contribution in [3.63, 3.8) is 0 Å². The van der Waals surface area contributed by atoms with Gasteiger partial charge in [0, 0.05) is 33.1 Å². The van der Waals surface area contributed by atoms with E-state index in [1.165, 1.54) is 6.92 Å². The second kappa shape index (κ2) is 5.81. The zero-order valence-corrected chi connectivity index (χ0v) is 9.90. The summed E-state index contributed by atoms with van der Waals surface area (Å²) in [5.74, 6) is -0.245. The van der Waals surface area contributed by atoms with Gasteiger partial charge in [-0.1, -0.05) is 0 Å². The largest absolute Gasteiger partial charge is 0.347 e. The molecule has 1 atom stereocenters. The minimum absolute atomic E-state index is 0.0556. The van der Waals surface area contributed by atoms with Gasteiger partial charge in [0.15, 0.2) is 0 Å². The van der Waals surface area contributed by atoms with E-state index in [0.717, 1.165) is 13.1 Å². The molecule has 1 rings (SSSR count). The summed E-state index contributed by atoms with van der Waals surface area (Å²) in [5.41, 5.74) is 5.64. The molecule has 0 spiro atoms. The summed E-state index contributed by atoms with van der Waals surface area (Å²) >= 11 is 0. The van der Waals surface area contributed by atoms with Gasteiger partial charge in [0.05, 0.1) is 12.6 Å². The summed E-state index contributed by atoms with van der Waals surface area (Å²) in [5, 5.41) is 2.51. The first-order valence-electron chi connectivity index (χ1n) is 5.47. The highest BCUT2D eigenvalue weighted by Gasteiger charge is 2.27. The van der Waals surface area contributed by atoms with E-state index in [0.29, 0.717) is 13.1 Å². The Labute approximate surface area is 95.8 Å². The lowest BCUT2D eigenvalue weighted by Crippen LogP contribution is -2.58. The van der Waals surface area contributed by atoms with Crippen LogP contribution >= 0.6 is 0 Å². The van der Waals surface area contributed by atoms with E-state index in [1.54, 1.807) is 4.90 Å². The van der Waals surface area contributed by atoms with Crippen LogP contribution in [0.5, 0.6) is 0 Å². The van der Waals surface area contributed by atoms with Gasteiger partial charge in [0.1, 0.15) is 0 Å². The van der Waals surface area contributed by atoms with Crippen molar-refractivity contribution in [1.29, 1.82) is 0 Å². The predicted molar refractivity (Wildman–Crippen MR) is 60.7 cm³/mol. The Bertz CT molecular complexity index is 270. The van der Waals surface area contributed by atoms with E-state index in [-0.39, 0.29) is 24.4 Å². The van der Waals surface area contributed by atoms with Crippen molar-refractivity contribution in [3.8, 4) is 0 Å². The molecule has 0 radical (unpaired) electrons. The topological polar surface area (TPSA) is 78.7 Å². The van der Waals surface area contributed by atoms with Gasteiger partial charge in [-0.15, -0.1) is 0 Å². The molecule has 1 aliphatic rings. The first-order chi connectivity index (χ1) is 7.54. The van der Waals surface area contributed by atoms with Crippen LogP contribution in [0.25, 0.3) is 0 Å². The van der Waals surface area contributed by atoms with Gasteiger partial charge < -0.3 is 20.9 Å². The van der Waals surface area contributed by atoms with E-state index >= 15 is 0 Å². The van der Waals surface area contributed by atoms with Crippen LogP contribution < -0.4 is 11.1 Å². The van der Waals surface area contributed by atoms with Gasteiger partial charge >= 0.3 is 0 Å². The van der Waals surface area contributed by atoms with E-state index in [1.807, 2.05) is 7.05 Å². The summed E-state index contributed by atoms with van der Waals surface area (Å²) in [6, 6.07) is 0.0556. The maximum absolute atomic E-state index is 11.8. The summed E-state index contributed by atoms with van der Waals surface area (Å²) < 4.78 is 0. The molecule has 1 saturated heterocycles. The number of hydrogen-bond acceptors (Lipinski definition) is 4. The standard InChI is InChI=1S/C10H20N4O2/c1-8(15)12-6-10(16)14-4-3-13(2)7-9(14)5-11/h9H,3-7,11H2,1-2H3,(H,12,15). The smallest absolute Gasteiger partial charge is 0.242 e. The van der Waals surface area contributed by atoms with Gasteiger partial charge in [-0.2, -0.15) is 0 Å². The molecule has 0 aromatic rings. The quantitative estimate of drug-likeness (QED) is 0.599. The molecule has 1 aliphatic heterocycles. The van der Waals surface area contributed by atoms with Crippen molar-refractivity contribution in [2.24, 2.45) is 5.73 Å². The molecule has 3 N–H and O–H groups in total. The highest BCUT2D eigenvalue weighted by atomic mass is 16.2. The van der Waals surface area contributed by atoms with Crippen molar-refractivity contribution in [1.82, 2.24) is 15.1 Å². The average molecular weight is 228 g/mol. The molecule has 1 unspecified atom stereocenters. The molecule has 1 fully saturated rings. The van der Waals surface area contributed by atoms with Crippen LogP contribution in [0.3, 0.4) is 0 Å². The lowest BCUT2D eigenvalue weighted by atomic mass is 10.1. The van der Waals surface area contributed by atoms with Gasteiger partial charge in [-0.25, -0.2) is 0 Å². The number of nitrogens with one attached hydrogen (secondary N) is 1. The Kier molecular flexibility index (Phi) is 4.70. The first kappa shape index (κ1) is 12.9. The number of nitrogens with zero attached hydrogens (tertiary/aromatic N) is 2. The van der Waals surface area contributed by atoms with Crippen molar-refractivity contribution in [3.05, 3.63) is 0 Å². The van der Waals surface area contributed by atoms with Gasteiger partial charge in [0.2, 0.25) is 11.8 Å². The maximum Gasteiger partial charge on any atom is 0.242 e. The monoisotopic (exact) mass is 228 g/mol. The second-order valence-corrected chi connectivity index (χ2v) is 4.15. The zero-order valence-electron chi connectivity index (χ0n) is 9.90. The molecule has 1 heterocycles. The molecule has 16 heavy (non-hydrogen) atoms. The third kappa shape index (κ3) is 3.46. The molecule has 0 aromatic heterocycles. The molecular formula is C10H20N4O2. The minimum Gasteiger partial charge on any atom is -0.347 e. The molecule has 0 aliphatic carbocycles. The van der Waals surface area contributed by atoms with Crippen molar-refractivity contribution >= 4 is 11.8 Å². The van der Waals surface area contributed by atoms with E-state index in [4.69, 9.17) is 5.73 Å². The predicted octanol–water partition coefficient (Wildman–Crippen LogP) is -1.78. The summed E-state index contributed by atoms with van der Waals surface area (Å²) in [6.07, 6.45) is 0. The fraction of sp³-hybridized carbons (Fsp3) is 0.800. The molecule has 6 heteroatoms. The number of likely N-dealkylation sites (N-methyl/N-ethyl adjacent to an activating group) is 1. The van der Waals surface area contributed by atoms with Crippen LogP contribution in [0.15, 0.2) is 0 Å². The number of amides is 2. The number of piperazine rings is 1. The van der Waals surface area contributed by atoms with Gasteiger partial charge in [-0.05, 0) is 7.05 Å². The number of nitrogens with two attached hydrogens (primary N) is 1. The lowest BCUT2D eigenvalue weighted by molar-refractivity contribution is -0.136. The molecule has 0 aromatic carbocycles. The van der Waals surface area contributed by atoms with Crippen LogP contribution in [-0.4, -0.2) is 67.4 Å². The summed E-state index contributed by atoms with van der Waals surface area (Å²) in [7, 11) is 2.01. The lowest BCUT2D eigenvalue weighted by Gasteiger charge is -2.39. The average Bonchev–Trinajstić information content (AvgIpc) is 2.25. The van der Waals surface area contributed by atoms with Crippen LogP contribution in [0, 0.1) is 0 Å². The summed E-state index contributed by atoms with van der Waals surface area (Å²) in [6.45, 7) is 4.24. The van der Waals surface area contributed by atoms with Crippen LogP contribution in [-0.2, 0) is 9.59 Å². The highest BCUT2D eigenvalue weighted by molar-refractivity contribution is 5.84. The molecule has 92 valence electrons. The normalized spacial score (nSPS) is 21.9. The van der Waals surface area contributed by atoms with Gasteiger partial charge in [-0.3, -0.25) is 9.59 Å². The fourth-order valence-electron chi connectivity index (χ4n) is 1.84. The SMILES string of the molecule is CC(=O)NCC(=O)N1CCN(C)CC1CN. The fourth-order valence-corrected chi connectivity index (χ4v) is 1.84. The molecule has 0 saturated carbocycles. The number of carbonyl (C=O) groups excluding carboxylic acids is 2. The first-order valence-corrected chi connectivity index (χ1v) is 5.47. The zero-order chi connectivity index (χ0) is 12.1. The number of hydrogen-bond donors (Lipinski definition) is 2. The third-order valence-electron chi connectivity index (χ3n) is 2.77. The van der Waals surface area contributed by atoms with Crippen molar-refractivity contribution in [2.45, 2.75) is 13.0 Å². The van der Waals surface area contributed by atoms with E-state index in [9.17, 15) is 9.59 Å². The highest BCUT2D eigenvalue weighted by Crippen LogP contribution is 2.07. The Balaban J connectivity index is 2.50. The Morgan fingerprint density at radius 3 is 2.69 bits per heavy atom. The molecular weight excluding hydrogens is 208 g/mol. The molecule has 6 nitrogen and oxygen atoms in total. The van der Waals surface area contributed by atoms with E-state index < -0.39 is 0 Å². The second-order valence-electron chi connectivity index (χ2n) is 4.15. The minimum atomic E-state index is -0.188. The molecule has 0 bridgehead atoms. The Morgan fingerprint density at radius 1 is 1.44 bits per heavy atom. The maximum atomic E-state index is 11.8. The summed E-state index contributed by atoms with van der Waals surface area (Å²) in [4.78, 5) is 26.4. The third-order valence-corrected chi connectivity index (χ3v) is 2.77. The number of rotatable bonds is 3. The van der Waals surface area contributed by atoms with Gasteiger partial charge in [0.25, 0.3) is 0 Å². The van der Waals surface area contributed by atoms with Crippen molar-refractivity contribution in [2.75, 3.05) is 39.8 Å². The number of carbonyl (C=O) groups is 2. The Hall–Kier alpha value is -1.14. The Morgan fingerprint density at radius 2 is 2.12 bits per heavy atom. The van der Waals surface area contributed by atoms with Crippen LogP contribution in [0.2, 0.25) is 0 Å². The molecule has 2 amide bonds. The van der Waals surface area contributed by atoms with Crippen LogP contribution in [0.4, 0.5) is 0 Å². The van der Waals surface area contributed by atoms with Crippen LogP contribution in [0.1, 0.15) is 6.92 Å². The van der Waals surface area contributed by atoms with Crippen molar-refractivity contribution < 1.29 is 9.59 Å².